The van der Waals surface area contributed by atoms with E-state index in [-0.39, 0.29) is 18.5 Å². The Morgan fingerprint density at radius 2 is 2.24 bits per heavy atom. The lowest BCUT2D eigenvalue weighted by molar-refractivity contribution is -0.145. The lowest BCUT2D eigenvalue weighted by Gasteiger charge is -2.39. The highest BCUT2D eigenvalue weighted by atomic mass is 16.4. The van der Waals surface area contributed by atoms with Gasteiger partial charge in [-0.3, -0.25) is 5.10 Å². The van der Waals surface area contributed by atoms with Gasteiger partial charge in [-0.15, -0.1) is 0 Å². The first kappa shape index (κ1) is 15.3. The topological polar surface area (TPSA) is 102 Å². The molecule has 0 radical (unpaired) electrons. The van der Waals surface area contributed by atoms with Gasteiger partial charge in [0.25, 0.3) is 0 Å². The van der Waals surface area contributed by atoms with Crippen molar-refractivity contribution in [3.05, 3.63) is 11.6 Å². The molecule has 8 heteroatoms. The van der Waals surface area contributed by atoms with Gasteiger partial charge in [0.05, 0.1) is 6.54 Å². The molecule has 2 amide bonds. The number of aryl methyl sites for hydroxylation is 1. The van der Waals surface area contributed by atoms with E-state index >= 15 is 0 Å². The molecule has 2 N–H and O–H groups in total. The van der Waals surface area contributed by atoms with Gasteiger partial charge >= 0.3 is 12.0 Å². The average molecular weight is 295 g/mol. The monoisotopic (exact) mass is 295 g/mol. The molecular weight excluding hydrogens is 274 g/mol. The molecule has 1 aliphatic rings. The zero-order valence-corrected chi connectivity index (χ0v) is 12.5. The summed E-state index contributed by atoms with van der Waals surface area (Å²) in [6.45, 7) is 4.37. The van der Waals surface area contributed by atoms with E-state index in [1.165, 1.54) is 9.80 Å². The quantitative estimate of drug-likeness (QED) is 0.860. The van der Waals surface area contributed by atoms with Crippen LogP contribution >= 0.6 is 0 Å². The molecule has 0 aromatic carbocycles. The number of carbonyl (C=O) groups is 2. The third kappa shape index (κ3) is 3.32. The molecule has 1 aromatic heterocycles. The molecule has 0 aliphatic carbocycles. The maximum absolute atomic E-state index is 12.5. The molecule has 8 nitrogen and oxygen atoms in total. The Hall–Kier alpha value is -2.12. The number of aromatic amines is 1. The number of hydrogen-bond donors (Lipinski definition) is 2. The maximum atomic E-state index is 12.5. The molecule has 0 saturated carbocycles. The molecule has 1 saturated heterocycles. The number of nitrogens with zero attached hydrogens (tertiary/aromatic N) is 4. The first-order chi connectivity index (χ1) is 9.90. The minimum Gasteiger partial charge on any atom is -0.480 e. The molecule has 1 aromatic rings. The number of carboxylic acids is 1. The summed E-state index contributed by atoms with van der Waals surface area (Å²) in [4.78, 5) is 31.0. The standard InChI is InChI=1S/C13H21N5O3/c1-8-5-4-6-18(11(8)12(19)20)13(21)17(3)7-10-14-9(2)15-16-10/h8,11H,4-7H2,1-3H3,(H,19,20)(H,14,15,16). The number of carbonyl (C=O) groups excluding carboxylic acids is 1. The molecule has 0 bridgehead atoms. The van der Waals surface area contributed by atoms with Crippen molar-refractivity contribution in [3.63, 3.8) is 0 Å². The molecule has 0 spiro atoms. The largest absolute Gasteiger partial charge is 0.480 e. The van der Waals surface area contributed by atoms with Crippen LogP contribution in [0, 0.1) is 12.8 Å². The summed E-state index contributed by atoms with van der Waals surface area (Å²) in [6.07, 6.45) is 1.65. The summed E-state index contributed by atoms with van der Waals surface area (Å²) in [5.41, 5.74) is 0. The van der Waals surface area contributed by atoms with E-state index < -0.39 is 12.0 Å². The fraction of sp³-hybridized carbons (Fsp3) is 0.692. The number of aliphatic carboxylic acids is 1. The number of H-pyrrole nitrogens is 1. The summed E-state index contributed by atoms with van der Waals surface area (Å²) in [5.74, 6) is 0.207. The van der Waals surface area contributed by atoms with Gasteiger partial charge in [-0.1, -0.05) is 6.92 Å². The van der Waals surface area contributed by atoms with Crippen LogP contribution in [0.4, 0.5) is 4.79 Å². The van der Waals surface area contributed by atoms with Crippen LogP contribution < -0.4 is 0 Å². The Morgan fingerprint density at radius 1 is 1.52 bits per heavy atom. The smallest absolute Gasteiger partial charge is 0.326 e. The molecule has 21 heavy (non-hydrogen) atoms. The van der Waals surface area contributed by atoms with Crippen LogP contribution in [0.25, 0.3) is 0 Å². The summed E-state index contributed by atoms with van der Waals surface area (Å²) in [7, 11) is 1.63. The second-order valence-corrected chi connectivity index (χ2v) is 5.57. The van der Waals surface area contributed by atoms with Crippen molar-refractivity contribution >= 4 is 12.0 Å². The first-order valence-corrected chi connectivity index (χ1v) is 7.02. The number of nitrogens with one attached hydrogen (secondary N) is 1. The van der Waals surface area contributed by atoms with Crippen molar-refractivity contribution < 1.29 is 14.7 Å². The summed E-state index contributed by atoms with van der Waals surface area (Å²) < 4.78 is 0. The zero-order chi connectivity index (χ0) is 15.6. The van der Waals surface area contributed by atoms with E-state index in [0.29, 0.717) is 18.2 Å². The van der Waals surface area contributed by atoms with E-state index in [1.54, 1.807) is 14.0 Å². The number of aromatic nitrogens is 3. The molecular formula is C13H21N5O3. The van der Waals surface area contributed by atoms with Crippen molar-refractivity contribution in [1.82, 2.24) is 25.0 Å². The summed E-state index contributed by atoms with van der Waals surface area (Å²) in [5, 5.41) is 16.1. The Kier molecular flexibility index (Phi) is 4.44. The summed E-state index contributed by atoms with van der Waals surface area (Å²) in [6, 6.07) is -1.06. The van der Waals surface area contributed by atoms with E-state index in [4.69, 9.17) is 0 Å². The van der Waals surface area contributed by atoms with Crippen molar-refractivity contribution in [2.75, 3.05) is 13.6 Å². The van der Waals surface area contributed by atoms with Crippen molar-refractivity contribution in [2.45, 2.75) is 39.3 Å². The summed E-state index contributed by atoms with van der Waals surface area (Å²) >= 11 is 0. The van der Waals surface area contributed by atoms with Crippen LogP contribution in [0.2, 0.25) is 0 Å². The molecule has 2 atom stereocenters. The van der Waals surface area contributed by atoms with Crippen LogP contribution in [0.3, 0.4) is 0 Å². The van der Waals surface area contributed by atoms with E-state index in [2.05, 4.69) is 15.2 Å². The van der Waals surface area contributed by atoms with Crippen molar-refractivity contribution in [3.8, 4) is 0 Å². The second-order valence-electron chi connectivity index (χ2n) is 5.57. The number of amides is 2. The average Bonchev–Trinajstić information content (AvgIpc) is 2.82. The van der Waals surface area contributed by atoms with Gasteiger partial charge in [-0.25, -0.2) is 14.6 Å². The third-order valence-corrected chi connectivity index (χ3v) is 3.78. The molecule has 2 unspecified atom stereocenters. The maximum Gasteiger partial charge on any atom is 0.326 e. The van der Waals surface area contributed by atoms with E-state index in [0.717, 1.165) is 12.8 Å². The van der Waals surface area contributed by atoms with Crippen LogP contribution in [-0.2, 0) is 11.3 Å². The van der Waals surface area contributed by atoms with Gasteiger partial charge in [-0.2, -0.15) is 5.10 Å². The Morgan fingerprint density at radius 3 is 2.81 bits per heavy atom. The number of urea groups is 1. The molecule has 1 fully saturated rings. The fourth-order valence-electron chi connectivity index (χ4n) is 2.74. The van der Waals surface area contributed by atoms with Gasteiger partial charge in [0.1, 0.15) is 11.9 Å². The number of hydrogen-bond acceptors (Lipinski definition) is 4. The number of carboxylic acid groups (broad SMARTS) is 1. The van der Waals surface area contributed by atoms with E-state index in [9.17, 15) is 14.7 Å². The molecule has 1 aliphatic heterocycles. The lowest BCUT2D eigenvalue weighted by atomic mass is 9.91. The third-order valence-electron chi connectivity index (χ3n) is 3.78. The number of rotatable bonds is 3. The fourth-order valence-corrected chi connectivity index (χ4v) is 2.74. The van der Waals surface area contributed by atoms with E-state index in [1.807, 2.05) is 6.92 Å². The van der Waals surface area contributed by atoms with Gasteiger partial charge < -0.3 is 14.9 Å². The van der Waals surface area contributed by atoms with Crippen molar-refractivity contribution in [2.24, 2.45) is 5.92 Å². The zero-order valence-electron chi connectivity index (χ0n) is 12.5. The second kappa shape index (κ2) is 6.11. The van der Waals surface area contributed by atoms with Crippen LogP contribution in [0.5, 0.6) is 0 Å². The van der Waals surface area contributed by atoms with Gasteiger partial charge in [0.2, 0.25) is 0 Å². The Bertz CT molecular complexity index is 530. The lowest BCUT2D eigenvalue weighted by Crippen LogP contribution is -2.55. The first-order valence-electron chi connectivity index (χ1n) is 7.02. The predicted molar refractivity (Wildman–Crippen MR) is 74.5 cm³/mol. The predicted octanol–water partition coefficient (Wildman–Crippen LogP) is 0.850. The van der Waals surface area contributed by atoms with Crippen molar-refractivity contribution in [1.29, 1.82) is 0 Å². The van der Waals surface area contributed by atoms with Crippen LogP contribution in [-0.4, -0.2) is 61.7 Å². The van der Waals surface area contributed by atoms with Gasteiger partial charge in [0, 0.05) is 13.6 Å². The molecule has 2 heterocycles. The minimum absolute atomic E-state index is 0.0423. The molecule has 116 valence electrons. The highest BCUT2D eigenvalue weighted by Crippen LogP contribution is 2.24. The van der Waals surface area contributed by atoms with Gasteiger partial charge in [0.15, 0.2) is 5.82 Å². The minimum atomic E-state index is -0.947. The Labute approximate surface area is 123 Å². The number of likely N-dealkylation sites (tertiary alicyclic amines) is 1. The highest BCUT2D eigenvalue weighted by molar-refractivity contribution is 5.83. The van der Waals surface area contributed by atoms with Crippen LogP contribution in [0.1, 0.15) is 31.4 Å². The highest BCUT2D eigenvalue weighted by Gasteiger charge is 2.38. The normalized spacial score (nSPS) is 22.1. The van der Waals surface area contributed by atoms with Crippen LogP contribution in [0.15, 0.2) is 0 Å². The SMILES string of the molecule is Cc1nc(CN(C)C(=O)N2CCCC(C)C2C(=O)O)n[nH]1. The number of piperidine rings is 1. The van der Waals surface area contributed by atoms with Gasteiger partial charge in [-0.05, 0) is 25.7 Å². The Balaban J connectivity index is 2.07. The molecule has 2 rings (SSSR count).